The van der Waals surface area contributed by atoms with Gasteiger partial charge in [-0.2, -0.15) is 0 Å². The lowest BCUT2D eigenvalue weighted by atomic mass is 9.72. The largest absolute Gasteiger partial charge is 0.295 e. The van der Waals surface area contributed by atoms with Gasteiger partial charge >= 0.3 is 0 Å². The van der Waals surface area contributed by atoms with Gasteiger partial charge in [0.05, 0.1) is 0 Å². The number of hydrogen-bond donors (Lipinski definition) is 0. The molecule has 220 valence electrons. The minimum Gasteiger partial charge on any atom is -0.295 e. The summed E-state index contributed by atoms with van der Waals surface area (Å²) in [5.41, 5.74) is 10.3. The van der Waals surface area contributed by atoms with Gasteiger partial charge in [-0.05, 0) is 94.8 Å². The van der Waals surface area contributed by atoms with Gasteiger partial charge in [0.1, 0.15) is 0 Å². The highest BCUT2D eigenvalue weighted by Crippen LogP contribution is 2.41. The van der Waals surface area contributed by atoms with Crippen molar-refractivity contribution in [1.29, 1.82) is 0 Å². The first-order chi connectivity index (χ1) is 19.2. The second-order valence-corrected chi connectivity index (χ2v) is 13.2. The van der Waals surface area contributed by atoms with E-state index in [1.165, 1.54) is 52.7 Å². The summed E-state index contributed by atoms with van der Waals surface area (Å²) in [6.07, 6.45) is 35.4. The number of allylic oxidation sites excluding steroid dienone is 22. The molecule has 0 N–H and O–H groups in total. The second-order valence-electron chi connectivity index (χ2n) is 13.2. The minimum atomic E-state index is 0.0507. The molecule has 0 bridgehead atoms. The molecule has 41 heavy (non-hydrogen) atoms. The van der Waals surface area contributed by atoms with E-state index in [2.05, 4.69) is 147 Å². The second kappa shape index (κ2) is 15.7. The molecule has 0 aliphatic heterocycles. The standard InChI is InChI=1S/C40H54O/c1-30(18-13-20-32(3)23-25-36-34(5)22-15-28-39(36,7)8)16-11-12-17-31(2)19-14-21-33(4)24-26-37-35(6)38(41)27-29-40(37,9)10/h11-14,16-21,23-26H,15,22,27-29H2,1-10H3/b12-11+,18-13+,19-14+,25-23+,26-24+,30-16-,31-17+,32-20+,33-21+. The molecule has 0 saturated heterocycles. The third kappa shape index (κ3) is 11.3. The van der Waals surface area contributed by atoms with E-state index in [4.69, 9.17) is 0 Å². The Bertz CT molecular complexity index is 1300. The summed E-state index contributed by atoms with van der Waals surface area (Å²) in [5, 5.41) is 0. The summed E-state index contributed by atoms with van der Waals surface area (Å²) < 4.78 is 0. The van der Waals surface area contributed by atoms with Crippen molar-refractivity contribution < 1.29 is 4.79 Å². The van der Waals surface area contributed by atoms with E-state index >= 15 is 0 Å². The lowest BCUT2D eigenvalue weighted by Gasteiger charge is -2.32. The first kappa shape index (κ1) is 34.0. The number of Topliss-reactive ketones (excluding diaryl/α,β-unsaturated/α-hetero) is 1. The van der Waals surface area contributed by atoms with E-state index in [9.17, 15) is 4.79 Å². The molecule has 0 heterocycles. The summed E-state index contributed by atoms with van der Waals surface area (Å²) in [6.45, 7) is 21.9. The van der Waals surface area contributed by atoms with E-state index in [1.807, 2.05) is 6.92 Å². The zero-order valence-electron chi connectivity index (χ0n) is 27.5. The first-order valence-electron chi connectivity index (χ1n) is 15.3. The van der Waals surface area contributed by atoms with Crippen LogP contribution in [0.5, 0.6) is 0 Å². The summed E-state index contributed by atoms with van der Waals surface area (Å²) in [5.74, 6) is 0.280. The topological polar surface area (TPSA) is 17.1 Å². The molecule has 0 radical (unpaired) electrons. The van der Waals surface area contributed by atoms with Crippen LogP contribution >= 0.6 is 0 Å². The zero-order chi connectivity index (χ0) is 30.6. The van der Waals surface area contributed by atoms with Crippen LogP contribution in [0.4, 0.5) is 0 Å². The molecule has 1 nitrogen and oxygen atoms in total. The van der Waals surface area contributed by atoms with Crippen molar-refractivity contribution in [2.24, 2.45) is 10.8 Å². The van der Waals surface area contributed by atoms with Gasteiger partial charge in [0, 0.05) is 6.42 Å². The number of ketones is 1. The maximum absolute atomic E-state index is 12.2. The van der Waals surface area contributed by atoms with Crippen molar-refractivity contribution in [3.05, 3.63) is 130 Å². The van der Waals surface area contributed by atoms with E-state index in [0.717, 1.165) is 17.6 Å². The van der Waals surface area contributed by atoms with E-state index in [1.54, 1.807) is 0 Å². The minimum absolute atomic E-state index is 0.0507. The van der Waals surface area contributed by atoms with Gasteiger partial charge in [0.15, 0.2) is 5.78 Å². The summed E-state index contributed by atoms with van der Waals surface area (Å²) in [4.78, 5) is 12.2. The molecule has 2 aliphatic rings. The lowest BCUT2D eigenvalue weighted by Crippen LogP contribution is -2.24. The molecule has 0 fully saturated rings. The van der Waals surface area contributed by atoms with Gasteiger partial charge in [0.25, 0.3) is 0 Å². The van der Waals surface area contributed by atoms with Crippen LogP contribution in [-0.4, -0.2) is 5.78 Å². The third-order valence-electron chi connectivity index (χ3n) is 8.36. The van der Waals surface area contributed by atoms with Gasteiger partial charge in [-0.25, -0.2) is 0 Å². The van der Waals surface area contributed by atoms with Gasteiger partial charge in [-0.15, -0.1) is 0 Å². The number of carbonyl (C=O) groups is 1. The SMILES string of the molecule is CC1=C(/C=C/C(C)=C/C=C/C(C)=C\C=C\C=C(C)\C=C\C=C(C)\C=C\C2=C(C)C(=O)CCC2(C)C)C(C)(C)CCC1. The Hall–Kier alpha value is -3.19. The Labute approximate surface area is 252 Å². The fraction of sp³-hybridized carbons (Fsp3) is 0.425. The Kier molecular flexibility index (Phi) is 13.0. The molecule has 0 aromatic heterocycles. The molecule has 0 aromatic rings. The average molecular weight is 551 g/mol. The van der Waals surface area contributed by atoms with Crippen molar-refractivity contribution >= 4 is 5.78 Å². The Morgan fingerprint density at radius 1 is 0.585 bits per heavy atom. The van der Waals surface area contributed by atoms with Gasteiger partial charge in [0.2, 0.25) is 0 Å². The highest BCUT2D eigenvalue weighted by molar-refractivity contribution is 5.97. The Balaban J connectivity index is 1.91. The highest BCUT2D eigenvalue weighted by Gasteiger charge is 2.30. The molecular formula is C40H54O. The smallest absolute Gasteiger partial charge is 0.158 e. The van der Waals surface area contributed by atoms with Crippen molar-refractivity contribution in [1.82, 2.24) is 0 Å². The van der Waals surface area contributed by atoms with Gasteiger partial charge < -0.3 is 0 Å². The predicted molar refractivity (Wildman–Crippen MR) is 182 cm³/mol. The molecule has 0 amide bonds. The van der Waals surface area contributed by atoms with Gasteiger partial charge in [-0.3, -0.25) is 4.79 Å². The average Bonchev–Trinajstić information content (AvgIpc) is 2.88. The van der Waals surface area contributed by atoms with Crippen LogP contribution in [0, 0.1) is 10.8 Å². The van der Waals surface area contributed by atoms with Gasteiger partial charge in [-0.1, -0.05) is 141 Å². The van der Waals surface area contributed by atoms with E-state index in [0.29, 0.717) is 6.42 Å². The van der Waals surface area contributed by atoms with Crippen molar-refractivity contribution in [2.45, 2.75) is 101 Å². The van der Waals surface area contributed by atoms with Crippen LogP contribution < -0.4 is 0 Å². The molecule has 0 spiro atoms. The molecule has 2 rings (SSSR count). The summed E-state index contributed by atoms with van der Waals surface area (Å²) in [6, 6.07) is 0. The molecule has 0 unspecified atom stereocenters. The van der Waals surface area contributed by atoms with Crippen LogP contribution in [0.25, 0.3) is 0 Å². The third-order valence-corrected chi connectivity index (χ3v) is 8.36. The van der Waals surface area contributed by atoms with Crippen LogP contribution in [0.15, 0.2) is 130 Å². The number of hydrogen-bond acceptors (Lipinski definition) is 1. The molecule has 0 saturated carbocycles. The molecule has 0 aromatic carbocycles. The monoisotopic (exact) mass is 550 g/mol. The van der Waals surface area contributed by atoms with Crippen LogP contribution in [0.1, 0.15) is 101 Å². The summed E-state index contributed by atoms with van der Waals surface area (Å²) in [7, 11) is 0. The maximum Gasteiger partial charge on any atom is 0.158 e. The van der Waals surface area contributed by atoms with Crippen molar-refractivity contribution in [2.75, 3.05) is 0 Å². The van der Waals surface area contributed by atoms with Crippen LogP contribution in [-0.2, 0) is 4.79 Å². The van der Waals surface area contributed by atoms with Crippen LogP contribution in [0.2, 0.25) is 0 Å². The Morgan fingerprint density at radius 2 is 1.02 bits per heavy atom. The highest BCUT2D eigenvalue weighted by atomic mass is 16.1. The molecule has 1 heteroatoms. The first-order valence-corrected chi connectivity index (χ1v) is 15.3. The normalized spacial score (nSPS) is 21.8. The molecular weight excluding hydrogens is 496 g/mol. The molecule has 0 atom stereocenters. The summed E-state index contributed by atoms with van der Waals surface area (Å²) >= 11 is 0. The Morgan fingerprint density at radius 3 is 1.54 bits per heavy atom. The molecule has 2 aliphatic carbocycles. The van der Waals surface area contributed by atoms with E-state index in [-0.39, 0.29) is 16.6 Å². The van der Waals surface area contributed by atoms with E-state index < -0.39 is 0 Å². The fourth-order valence-corrected chi connectivity index (χ4v) is 5.54. The predicted octanol–water partition coefficient (Wildman–Crippen LogP) is 11.8. The van der Waals surface area contributed by atoms with Crippen molar-refractivity contribution in [3.63, 3.8) is 0 Å². The lowest BCUT2D eigenvalue weighted by molar-refractivity contribution is -0.116. The fourth-order valence-electron chi connectivity index (χ4n) is 5.54. The quantitative estimate of drug-likeness (QED) is 0.247. The maximum atomic E-state index is 12.2. The van der Waals surface area contributed by atoms with Crippen molar-refractivity contribution in [3.8, 4) is 0 Å². The number of carbonyl (C=O) groups excluding carboxylic acids is 1. The zero-order valence-corrected chi connectivity index (χ0v) is 27.5. The number of rotatable bonds is 10. The van der Waals surface area contributed by atoms with Crippen LogP contribution in [0.3, 0.4) is 0 Å².